The zero-order valence-corrected chi connectivity index (χ0v) is 9.06. The zero-order valence-electron chi connectivity index (χ0n) is 9.06. The van der Waals surface area contributed by atoms with E-state index in [2.05, 4.69) is 0 Å². The van der Waals surface area contributed by atoms with Crippen LogP contribution in [0.3, 0.4) is 0 Å². The first kappa shape index (κ1) is 11.7. The molecule has 0 aliphatic carbocycles. The van der Waals surface area contributed by atoms with Gasteiger partial charge in [-0.2, -0.15) is 0 Å². The van der Waals surface area contributed by atoms with Gasteiger partial charge in [0.05, 0.1) is 12.7 Å². The fourth-order valence-electron chi connectivity index (χ4n) is 1.28. The molecule has 1 unspecified atom stereocenters. The lowest BCUT2D eigenvalue weighted by atomic mass is 10.1. The van der Waals surface area contributed by atoms with Gasteiger partial charge in [-0.1, -0.05) is 24.3 Å². The Labute approximate surface area is 89.7 Å². The number of rotatable bonds is 4. The average Bonchev–Trinajstić information content (AvgIpc) is 2.18. The minimum absolute atomic E-state index is 0.254. The smallest absolute Gasteiger partial charge is 0.302 e. The van der Waals surface area contributed by atoms with Gasteiger partial charge in [0.15, 0.2) is 0 Å². The van der Waals surface area contributed by atoms with Gasteiger partial charge in [-0.25, -0.2) is 0 Å². The minimum atomic E-state index is -0.437. The molecule has 15 heavy (non-hydrogen) atoms. The number of aliphatic hydroxyl groups excluding tert-OH is 1. The molecule has 3 nitrogen and oxygen atoms in total. The van der Waals surface area contributed by atoms with E-state index in [0.29, 0.717) is 13.0 Å². The molecular weight excluding hydrogens is 192 g/mol. The van der Waals surface area contributed by atoms with Gasteiger partial charge in [0.1, 0.15) is 0 Å². The normalized spacial score (nSPS) is 12.2. The van der Waals surface area contributed by atoms with Crippen molar-refractivity contribution in [2.45, 2.75) is 26.4 Å². The second-order valence-corrected chi connectivity index (χ2v) is 3.51. The van der Waals surface area contributed by atoms with Gasteiger partial charge >= 0.3 is 5.97 Å². The first-order chi connectivity index (χ1) is 7.09. The van der Waals surface area contributed by atoms with E-state index >= 15 is 0 Å². The van der Waals surface area contributed by atoms with Crippen LogP contribution in [0.2, 0.25) is 0 Å². The number of ether oxygens (including phenoxy) is 1. The van der Waals surface area contributed by atoms with E-state index in [1.54, 1.807) is 6.92 Å². The topological polar surface area (TPSA) is 46.5 Å². The lowest BCUT2D eigenvalue weighted by Gasteiger charge is -2.06. The maximum Gasteiger partial charge on any atom is 0.302 e. The predicted molar refractivity (Wildman–Crippen MR) is 57.4 cm³/mol. The molecule has 0 spiro atoms. The first-order valence-corrected chi connectivity index (χ1v) is 5.00. The number of carbonyl (C=O) groups is 1. The highest BCUT2D eigenvalue weighted by molar-refractivity contribution is 5.65. The number of esters is 1. The predicted octanol–water partition coefficient (Wildman–Crippen LogP) is 1.85. The van der Waals surface area contributed by atoms with E-state index in [1.807, 2.05) is 24.3 Å². The Morgan fingerprint density at radius 2 is 2.00 bits per heavy atom. The fourth-order valence-corrected chi connectivity index (χ4v) is 1.28. The maximum absolute atomic E-state index is 10.5. The molecular formula is C12H16O3. The van der Waals surface area contributed by atoms with Crippen LogP contribution >= 0.6 is 0 Å². The number of hydrogen-bond donors (Lipinski definition) is 1. The summed E-state index contributed by atoms with van der Waals surface area (Å²) in [5, 5.41) is 9.29. The Morgan fingerprint density at radius 1 is 1.40 bits per heavy atom. The van der Waals surface area contributed by atoms with E-state index < -0.39 is 6.10 Å². The van der Waals surface area contributed by atoms with Crippen LogP contribution in [-0.4, -0.2) is 17.7 Å². The Hall–Kier alpha value is -1.35. The van der Waals surface area contributed by atoms with Crippen LogP contribution < -0.4 is 0 Å². The Kier molecular flexibility index (Phi) is 4.31. The third-order valence-corrected chi connectivity index (χ3v) is 2.16. The van der Waals surface area contributed by atoms with Crippen molar-refractivity contribution in [1.82, 2.24) is 0 Å². The summed E-state index contributed by atoms with van der Waals surface area (Å²) >= 11 is 0. The molecule has 0 radical (unpaired) electrons. The number of hydrogen-bond acceptors (Lipinski definition) is 3. The third-order valence-electron chi connectivity index (χ3n) is 2.16. The molecule has 1 rings (SSSR count). The van der Waals surface area contributed by atoms with Crippen LogP contribution in [-0.2, 0) is 16.0 Å². The van der Waals surface area contributed by atoms with Gasteiger partial charge in [0.25, 0.3) is 0 Å². The summed E-state index contributed by atoms with van der Waals surface area (Å²) in [6.07, 6.45) is 0.271. The summed E-state index contributed by atoms with van der Waals surface area (Å²) in [6.45, 7) is 3.54. The lowest BCUT2D eigenvalue weighted by molar-refractivity contribution is -0.140. The molecule has 82 valence electrons. The van der Waals surface area contributed by atoms with E-state index in [0.717, 1.165) is 11.1 Å². The molecule has 1 atom stereocenters. The van der Waals surface area contributed by atoms with Crippen LogP contribution in [0.25, 0.3) is 0 Å². The van der Waals surface area contributed by atoms with Crippen LogP contribution in [0.1, 0.15) is 31.1 Å². The van der Waals surface area contributed by atoms with Crippen molar-refractivity contribution < 1.29 is 14.6 Å². The molecule has 1 N–H and O–H groups in total. The van der Waals surface area contributed by atoms with Crippen LogP contribution in [0, 0.1) is 0 Å². The summed E-state index contributed by atoms with van der Waals surface area (Å²) < 4.78 is 4.84. The average molecular weight is 208 g/mol. The molecule has 0 aromatic heterocycles. The minimum Gasteiger partial charge on any atom is -0.466 e. The first-order valence-electron chi connectivity index (χ1n) is 5.00. The van der Waals surface area contributed by atoms with Crippen LogP contribution in [0.15, 0.2) is 24.3 Å². The summed E-state index contributed by atoms with van der Waals surface area (Å²) in [5.41, 5.74) is 1.99. The Balaban J connectivity index is 2.46. The monoisotopic (exact) mass is 208 g/mol. The molecule has 0 heterocycles. The molecule has 0 aliphatic heterocycles. The second-order valence-electron chi connectivity index (χ2n) is 3.51. The molecule has 0 saturated heterocycles. The van der Waals surface area contributed by atoms with Crippen LogP contribution in [0.5, 0.6) is 0 Å². The van der Waals surface area contributed by atoms with Crippen molar-refractivity contribution in [2.75, 3.05) is 6.61 Å². The van der Waals surface area contributed by atoms with Gasteiger partial charge in [-0.15, -0.1) is 0 Å². The van der Waals surface area contributed by atoms with E-state index in [-0.39, 0.29) is 5.97 Å². The van der Waals surface area contributed by atoms with Crippen molar-refractivity contribution in [1.29, 1.82) is 0 Å². The highest BCUT2D eigenvalue weighted by atomic mass is 16.5. The standard InChI is InChI=1S/C12H16O3/c1-9(13)12-5-3-11(4-6-12)7-8-15-10(2)14/h3-6,9,13H,7-8H2,1-2H3. The van der Waals surface area contributed by atoms with Crippen molar-refractivity contribution in [3.8, 4) is 0 Å². The highest BCUT2D eigenvalue weighted by Gasteiger charge is 2.00. The summed E-state index contributed by atoms with van der Waals surface area (Å²) in [4.78, 5) is 10.5. The van der Waals surface area contributed by atoms with Crippen molar-refractivity contribution >= 4 is 5.97 Å². The van der Waals surface area contributed by atoms with E-state index in [4.69, 9.17) is 4.74 Å². The Bertz CT molecular complexity index is 314. The van der Waals surface area contributed by atoms with Crippen molar-refractivity contribution in [3.05, 3.63) is 35.4 Å². The SMILES string of the molecule is CC(=O)OCCc1ccc(C(C)O)cc1. The molecule has 0 aliphatic rings. The maximum atomic E-state index is 10.5. The van der Waals surface area contributed by atoms with Gasteiger partial charge in [-0.05, 0) is 18.1 Å². The second kappa shape index (κ2) is 5.51. The molecule has 0 amide bonds. The van der Waals surface area contributed by atoms with Gasteiger partial charge in [-0.3, -0.25) is 4.79 Å². The largest absolute Gasteiger partial charge is 0.466 e. The third kappa shape index (κ3) is 4.13. The van der Waals surface area contributed by atoms with Crippen molar-refractivity contribution in [3.63, 3.8) is 0 Å². The van der Waals surface area contributed by atoms with Gasteiger partial charge in [0.2, 0.25) is 0 Å². The molecule has 1 aromatic rings. The molecule has 0 saturated carbocycles. The number of aliphatic hydroxyl groups is 1. The molecule has 1 aromatic carbocycles. The fraction of sp³-hybridized carbons (Fsp3) is 0.417. The quantitative estimate of drug-likeness (QED) is 0.768. The van der Waals surface area contributed by atoms with Crippen LogP contribution in [0.4, 0.5) is 0 Å². The zero-order chi connectivity index (χ0) is 11.3. The summed E-state index contributed by atoms with van der Waals surface area (Å²) in [7, 11) is 0. The van der Waals surface area contributed by atoms with E-state index in [9.17, 15) is 9.90 Å². The highest BCUT2D eigenvalue weighted by Crippen LogP contribution is 2.12. The van der Waals surface area contributed by atoms with Gasteiger partial charge in [0, 0.05) is 13.3 Å². The lowest BCUT2D eigenvalue weighted by Crippen LogP contribution is -2.03. The van der Waals surface area contributed by atoms with Crippen molar-refractivity contribution in [2.24, 2.45) is 0 Å². The molecule has 3 heteroatoms. The molecule has 0 fully saturated rings. The summed E-state index contributed by atoms with van der Waals surface area (Å²) in [6, 6.07) is 7.64. The number of carbonyl (C=O) groups excluding carboxylic acids is 1. The Morgan fingerprint density at radius 3 is 2.47 bits per heavy atom. The van der Waals surface area contributed by atoms with E-state index in [1.165, 1.54) is 6.92 Å². The summed E-state index contributed by atoms with van der Waals surface area (Å²) in [5.74, 6) is -0.254. The number of benzene rings is 1. The molecule has 0 bridgehead atoms. The van der Waals surface area contributed by atoms with Gasteiger partial charge < -0.3 is 9.84 Å².